The molecule has 1 saturated heterocycles. The molecular formula is C17H19ClN2. The van der Waals surface area contributed by atoms with Crippen molar-refractivity contribution in [2.24, 2.45) is 0 Å². The minimum absolute atomic E-state index is 0.471. The molecule has 0 radical (unpaired) electrons. The highest BCUT2D eigenvalue weighted by Crippen LogP contribution is 2.33. The third-order valence-electron chi connectivity index (χ3n) is 4.01. The van der Waals surface area contributed by atoms with E-state index in [2.05, 4.69) is 46.3 Å². The molecule has 3 rings (SSSR count). The van der Waals surface area contributed by atoms with Crippen LogP contribution in [-0.2, 0) is 6.54 Å². The van der Waals surface area contributed by atoms with Gasteiger partial charge in [-0.25, -0.2) is 4.98 Å². The maximum Gasteiger partial charge on any atom is 0.131 e. The van der Waals surface area contributed by atoms with Gasteiger partial charge < -0.3 is 0 Å². The monoisotopic (exact) mass is 286 g/mol. The van der Waals surface area contributed by atoms with Gasteiger partial charge in [0, 0.05) is 18.8 Å². The Kier molecular flexibility index (Phi) is 4.04. The highest BCUT2D eigenvalue weighted by molar-refractivity contribution is 6.30. The Morgan fingerprint density at radius 1 is 1.30 bits per heavy atom. The number of rotatable bonds is 3. The summed E-state index contributed by atoms with van der Waals surface area (Å²) in [5, 5.41) is 0.612. The van der Waals surface area contributed by atoms with Gasteiger partial charge in [-0.2, -0.15) is 0 Å². The van der Waals surface area contributed by atoms with Crippen molar-refractivity contribution in [2.45, 2.75) is 32.4 Å². The van der Waals surface area contributed by atoms with Gasteiger partial charge in [-0.15, -0.1) is 0 Å². The van der Waals surface area contributed by atoms with E-state index < -0.39 is 0 Å². The van der Waals surface area contributed by atoms with Crippen molar-refractivity contribution in [2.75, 3.05) is 6.54 Å². The Balaban J connectivity index is 1.80. The Morgan fingerprint density at radius 2 is 2.10 bits per heavy atom. The number of pyridine rings is 1. The summed E-state index contributed by atoms with van der Waals surface area (Å²) in [6.07, 6.45) is 4.39. The number of nitrogens with zero attached hydrogens (tertiary/aromatic N) is 2. The number of benzene rings is 1. The predicted molar refractivity (Wildman–Crippen MR) is 82.8 cm³/mol. The summed E-state index contributed by atoms with van der Waals surface area (Å²) < 4.78 is 0. The maximum absolute atomic E-state index is 6.03. The standard InChI is InChI=1S/C17H19ClN2/c1-13-10-15(11-19-17(13)18)16-8-5-9-20(16)12-14-6-3-2-4-7-14/h2-4,6-7,10-11,16H,5,8-9,12H2,1H3. The molecule has 1 aromatic carbocycles. The van der Waals surface area contributed by atoms with E-state index in [9.17, 15) is 0 Å². The van der Waals surface area contributed by atoms with Gasteiger partial charge in [0.05, 0.1) is 0 Å². The molecule has 2 aromatic rings. The normalized spacial score (nSPS) is 19.4. The molecule has 0 bridgehead atoms. The van der Waals surface area contributed by atoms with Gasteiger partial charge in [-0.3, -0.25) is 4.90 Å². The zero-order valence-electron chi connectivity index (χ0n) is 11.7. The molecule has 0 spiro atoms. The Bertz CT molecular complexity index is 583. The smallest absolute Gasteiger partial charge is 0.131 e. The summed E-state index contributed by atoms with van der Waals surface area (Å²) in [6, 6.07) is 13.3. The number of hydrogen-bond donors (Lipinski definition) is 0. The van der Waals surface area contributed by atoms with Gasteiger partial charge in [0.25, 0.3) is 0 Å². The van der Waals surface area contributed by atoms with Crippen molar-refractivity contribution in [3.63, 3.8) is 0 Å². The quantitative estimate of drug-likeness (QED) is 0.779. The lowest BCUT2D eigenvalue weighted by atomic mass is 10.0. The molecule has 1 aromatic heterocycles. The average Bonchev–Trinajstić information content (AvgIpc) is 2.91. The molecule has 0 N–H and O–H groups in total. The third kappa shape index (κ3) is 2.87. The van der Waals surface area contributed by atoms with Crippen LogP contribution < -0.4 is 0 Å². The predicted octanol–water partition coefficient (Wildman–Crippen LogP) is 4.38. The molecule has 20 heavy (non-hydrogen) atoms. The van der Waals surface area contributed by atoms with Crippen LogP contribution in [0.5, 0.6) is 0 Å². The molecule has 0 saturated carbocycles. The maximum atomic E-state index is 6.03. The molecule has 1 aliphatic rings. The van der Waals surface area contributed by atoms with E-state index in [4.69, 9.17) is 11.6 Å². The van der Waals surface area contributed by atoms with Crippen LogP contribution in [0.1, 0.15) is 35.6 Å². The Hall–Kier alpha value is -1.38. The molecule has 1 atom stereocenters. The fourth-order valence-electron chi connectivity index (χ4n) is 2.97. The SMILES string of the molecule is Cc1cc(C2CCCN2Cc2ccccc2)cnc1Cl. The number of halogens is 1. The Labute approximate surface area is 125 Å². The van der Waals surface area contributed by atoms with Crippen molar-refractivity contribution < 1.29 is 0 Å². The second-order valence-electron chi connectivity index (χ2n) is 5.49. The van der Waals surface area contributed by atoms with E-state index in [1.54, 1.807) is 0 Å². The lowest BCUT2D eigenvalue weighted by Crippen LogP contribution is -2.22. The van der Waals surface area contributed by atoms with E-state index in [1.807, 2.05) is 13.1 Å². The highest BCUT2D eigenvalue weighted by Gasteiger charge is 2.26. The first-order valence-electron chi connectivity index (χ1n) is 7.14. The molecule has 1 unspecified atom stereocenters. The average molecular weight is 287 g/mol. The molecule has 0 amide bonds. The topological polar surface area (TPSA) is 16.1 Å². The van der Waals surface area contributed by atoms with Crippen LogP contribution in [0.25, 0.3) is 0 Å². The molecule has 0 aliphatic carbocycles. The molecule has 2 nitrogen and oxygen atoms in total. The van der Waals surface area contributed by atoms with Crippen molar-refractivity contribution in [3.05, 3.63) is 64.4 Å². The van der Waals surface area contributed by atoms with Crippen LogP contribution in [0.2, 0.25) is 5.15 Å². The van der Waals surface area contributed by atoms with Crippen LogP contribution >= 0.6 is 11.6 Å². The summed E-state index contributed by atoms with van der Waals surface area (Å²) >= 11 is 6.03. The number of hydrogen-bond acceptors (Lipinski definition) is 2. The minimum Gasteiger partial charge on any atom is -0.292 e. The van der Waals surface area contributed by atoms with Gasteiger partial charge >= 0.3 is 0 Å². The van der Waals surface area contributed by atoms with Crippen molar-refractivity contribution in [1.82, 2.24) is 9.88 Å². The summed E-state index contributed by atoms with van der Waals surface area (Å²) in [5.41, 5.74) is 3.73. The van der Waals surface area contributed by atoms with Gasteiger partial charge in [0.2, 0.25) is 0 Å². The van der Waals surface area contributed by atoms with Crippen LogP contribution in [-0.4, -0.2) is 16.4 Å². The fraction of sp³-hybridized carbons (Fsp3) is 0.353. The van der Waals surface area contributed by atoms with E-state index in [0.29, 0.717) is 11.2 Å². The van der Waals surface area contributed by atoms with E-state index in [-0.39, 0.29) is 0 Å². The lowest BCUT2D eigenvalue weighted by molar-refractivity contribution is 0.248. The zero-order chi connectivity index (χ0) is 13.9. The number of aromatic nitrogens is 1. The van der Waals surface area contributed by atoms with Crippen LogP contribution in [0.3, 0.4) is 0 Å². The van der Waals surface area contributed by atoms with Gasteiger partial charge in [0.1, 0.15) is 5.15 Å². The molecule has 104 valence electrons. The first-order valence-corrected chi connectivity index (χ1v) is 7.52. The van der Waals surface area contributed by atoms with E-state index in [1.165, 1.54) is 24.0 Å². The van der Waals surface area contributed by atoms with Crippen molar-refractivity contribution in [1.29, 1.82) is 0 Å². The minimum atomic E-state index is 0.471. The molecule has 1 fully saturated rings. The second-order valence-corrected chi connectivity index (χ2v) is 5.85. The number of likely N-dealkylation sites (tertiary alicyclic amines) is 1. The molecule has 2 heterocycles. The van der Waals surface area contributed by atoms with E-state index in [0.717, 1.165) is 18.7 Å². The van der Waals surface area contributed by atoms with Crippen molar-refractivity contribution >= 4 is 11.6 Å². The van der Waals surface area contributed by atoms with Crippen LogP contribution in [0.15, 0.2) is 42.6 Å². The number of aryl methyl sites for hydroxylation is 1. The Morgan fingerprint density at radius 3 is 2.85 bits per heavy atom. The zero-order valence-corrected chi connectivity index (χ0v) is 12.5. The summed E-state index contributed by atoms with van der Waals surface area (Å²) in [7, 11) is 0. The highest BCUT2D eigenvalue weighted by atomic mass is 35.5. The van der Waals surface area contributed by atoms with Gasteiger partial charge in [-0.05, 0) is 49.1 Å². The lowest BCUT2D eigenvalue weighted by Gasteiger charge is -2.25. The third-order valence-corrected chi connectivity index (χ3v) is 4.41. The second kappa shape index (κ2) is 5.94. The molecular weight excluding hydrogens is 268 g/mol. The first kappa shape index (κ1) is 13.6. The summed E-state index contributed by atoms with van der Waals surface area (Å²) in [5.74, 6) is 0. The van der Waals surface area contributed by atoms with Gasteiger partial charge in [0.15, 0.2) is 0 Å². The molecule has 1 aliphatic heterocycles. The molecule has 3 heteroatoms. The van der Waals surface area contributed by atoms with Crippen LogP contribution in [0.4, 0.5) is 0 Å². The van der Waals surface area contributed by atoms with Crippen molar-refractivity contribution in [3.8, 4) is 0 Å². The largest absolute Gasteiger partial charge is 0.292 e. The van der Waals surface area contributed by atoms with E-state index >= 15 is 0 Å². The summed E-state index contributed by atoms with van der Waals surface area (Å²) in [4.78, 5) is 6.84. The summed E-state index contributed by atoms with van der Waals surface area (Å²) in [6.45, 7) is 4.18. The first-order chi connectivity index (χ1) is 9.74. The van der Waals surface area contributed by atoms with Gasteiger partial charge in [-0.1, -0.05) is 41.9 Å². The fourth-order valence-corrected chi connectivity index (χ4v) is 3.08. The van der Waals surface area contributed by atoms with Crippen LogP contribution in [0, 0.1) is 6.92 Å².